The quantitative estimate of drug-likeness (QED) is 0.758. The predicted octanol–water partition coefficient (Wildman–Crippen LogP) is 3.32. The lowest BCUT2D eigenvalue weighted by molar-refractivity contribution is 0.627. The molecule has 0 unspecified atom stereocenters. The van der Waals surface area contributed by atoms with Crippen LogP contribution in [-0.2, 0) is 12.8 Å². The third-order valence-corrected chi connectivity index (χ3v) is 3.89. The maximum Gasteiger partial charge on any atom is 0.202 e. The van der Waals surface area contributed by atoms with Gasteiger partial charge in [0.2, 0.25) is 5.13 Å². The van der Waals surface area contributed by atoms with E-state index in [1.165, 1.54) is 29.2 Å². The topological polar surface area (TPSA) is 50.7 Å². The normalized spacial score (nSPS) is 10.6. The van der Waals surface area contributed by atoms with Gasteiger partial charge in [0.05, 0.1) is 0 Å². The molecule has 0 bridgehead atoms. The molecule has 3 aromatic rings. The van der Waals surface area contributed by atoms with Crippen LogP contribution in [0.2, 0.25) is 0 Å². The van der Waals surface area contributed by atoms with Crippen LogP contribution < -0.4 is 5.32 Å². The van der Waals surface area contributed by atoms with Crippen LogP contribution in [0.4, 0.5) is 9.52 Å². The summed E-state index contributed by atoms with van der Waals surface area (Å²) < 4.78 is 17.2. The van der Waals surface area contributed by atoms with Crippen LogP contribution in [0.1, 0.15) is 17.0 Å². The summed E-state index contributed by atoms with van der Waals surface area (Å²) in [6.07, 6.45) is 5.11. The molecule has 0 aliphatic heterocycles. The van der Waals surface area contributed by atoms with Gasteiger partial charge >= 0.3 is 0 Å². The SMILES string of the molecule is Fc1ccc(Cc2nsc(NCCc3ccncc3)n2)cc1. The largest absolute Gasteiger partial charge is 0.360 e. The molecule has 4 nitrogen and oxygen atoms in total. The predicted molar refractivity (Wildman–Crippen MR) is 85.5 cm³/mol. The first-order valence-electron chi connectivity index (χ1n) is 6.99. The van der Waals surface area contributed by atoms with Gasteiger partial charge in [-0.1, -0.05) is 12.1 Å². The number of hydrogen-bond donors (Lipinski definition) is 1. The molecular formula is C16H15FN4S. The lowest BCUT2D eigenvalue weighted by Crippen LogP contribution is -2.04. The Hall–Kier alpha value is -2.34. The molecular weight excluding hydrogens is 299 g/mol. The molecule has 1 aromatic carbocycles. The van der Waals surface area contributed by atoms with Gasteiger partial charge < -0.3 is 5.32 Å². The Bertz CT molecular complexity index is 713. The number of pyridine rings is 1. The third-order valence-electron chi connectivity index (χ3n) is 3.18. The van der Waals surface area contributed by atoms with E-state index < -0.39 is 0 Å². The van der Waals surface area contributed by atoms with Crippen molar-refractivity contribution in [1.29, 1.82) is 0 Å². The molecule has 112 valence electrons. The maximum atomic E-state index is 12.9. The van der Waals surface area contributed by atoms with E-state index in [1.807, 2.05) is 12.1 Å². The average Bonchev–Trinajstić information content (AvgIpc) is 2.98. The second kappa shape index (κ2) is 7.09. The minimum absolute atomic E-state index is 0.228. The third kappa shape index (κ3) is 4.08. The first kappa shape index (κ1) is 14.6. The van der Waals surface area contributed by atoms with Gasteiger partial charge in [-0.2, -0.15) is 4.37 Å². The molecule has 0 radical (unpaired) electrons. The van der Waals surface area contributed by atoms with Crippen molar-refractivity contribution < 1.29 is 4.39 Å². The number of aromatic nitrogens is 3. The van der Waals surface area contributed by atoms with E-state index in [4.69, 9.17) is 0 Å². The lowest BCUT2D eigenvalue weighted by atomic mass is 10.1. The van der Waals surface area contributed by atoms with Crippen LogP contribution in [0, 0.1) is 5.82 Å². The molecule has 2 aromatic heterocycles. The molecule has 0 saturated carbocycles. The molecule has 3 rings (SSSR count). The molecule has 0 atom stereocenters. The summed E-state index contributed by atoms with van der Waals surface area (Å²) in [6, 6.07) is 10.4. The van der Waals surface area contributed by atoms with Gasteiger partial charge in [0.15, 0.2) is 0 Å². The number of rotatable bonds is 6. The van der Waals surface area contributed by atoms with Gasteiger partial charge in [0.25, 0.3) is 0 Å². The number of nitrogens with one attached hydrogen (secondary N) is 1. The Kier molecular flexibility index (Phi) is 4.70. The van der Waals surface area contributed by atoms with Crippen molar-refractivity contribution in [3.63, 3.8) is 0 Å². The van der Waals surface area contributed by atoms with Gasteiger partial charge in [0.1, 0.15) is 11.6 Å². The number of nitrogens with zero attached hydrogens (tertiary/aromatic N) is 3. The van der Waals surface area contributed by atoms with E-state index >= 15 is 0 Å². The molecule has 22 heavy (non-hydrogen) atoms. The molecule has 6 heteroatoms. The fourth-order valence-electron chi connectivity index (χ4n) is 2.05. The Balaban J connectivity index is 1.51. The molecule has 2 heterocycles. The lowest BCUT2D eigenvalue weighted by Gasteiger charge is -2.01. The Labute approximate surface area is 132 Å². The van der Waals surface area contributed by atoms with E-state index in [1.54, 1.807) is 24.5 Å². The fourth-order valence-corrected chi connectivity index (χ4v) is 2.66. The zero-order valence-electron chi connectivity index (χ0n) is 11.9. The van der Waals surface area contributed by atoms with Crippen molar-refractivity contribution in [2.24, 2.45) is 0 Å². The summed E-state index contributed by atoms with van der Waals surface area (Å²) in [5.74, 6) is 0.525. The number of hydrogen-bond acceptors (Lipinski definition) is 5. The van der Waals surface area contributed by atoms with E-state index in [0.29, 0.717) is 6.42 Å². The van der Waals surface area contributed by atoms with Crippen LogP contribution in [0.25, 0.3) is 0 Å². The molecule has 0 aliphatic carbocycles. The van der Waals surface area contributed by atoms with Gasteiger partial charge in [-0.25, -0.2) is 9.37 Å². The van der Waals surface area contributed by atoms with Gasteiger partial charge in [-0.3, -0.25) is 4.98 Å². The van der Waals surface area contributed by atoms with E-state index in [-0.39, 0.29) is 5.82 Å². The minimum Gasteiger partial charge on any atom is -0.360 e. The van der Waals surface area contributed by atoms with E-state index in [9.17, 15) is 4.39 Å². The summed E-state index contributed by atoms with van der Waals surface area (Å²) in [5.41, 5.74) is 2.24. The summed E-state index contributed by atoms with van der Waals surface area (Å²) >= 11 is 1.35. The minimum atomic E-state index is -0.228. The molecule has 1 N–H and O–H groups in total. The van der Waals surface area contributed by atoms with Crippen LogP contribution in [0.3, 0.4) is 0 Å². The molecule has 0 fully saturated rings. The van der Waals surface area contributed by atoms with Crippen LogP contribution in [0.5, 0.6) is 0 Å². The summed E-state index contributed by atoms with van der Waals surface area (Å²) in [5, 5.41) is 4.08. The second-order valence-electron chi connectivity index (χ2n) is 4.85. The average molecular weight is 314 g/mol. The van der Waals surface area contributed by atoms with Crippen molar-refractivity contribution >= 4 is 16.7 Å². The Morgan fingerprint density at radius 1 is 1.00 bits per heavy atom. The number of halogens is 1. The van der Waals surface area contributed by atoms with Crippen molar-refractivity contribution in [1.82, 2.24) is 14.3 Å². The maximum absolute atomic E-state index is 12.9. The van der Waals surface area contributed by atoms with Crippen LogP contribution in [-0.4, -0.2) is 20.9 Å². The fraction of sp³-hybridized carbons (Fsp3) is 0.188. The van der Waals surface area contributed by atoms with Crippen molar-refractivity contribution in [2.75, 3.05) is 11.9 Å². The molecule has 0 aliphatic rings. The highest BCUT2D eigenvalue weighted by Gasteiger charge is 2.05. The highest BCUT2D eigenvalue weighted by Crippen LogP contribution is 2.14. The van der Waals surface area contributed by atoms with Crippen molar-refractivity contribution in [3.8, 4) is 0 Å². The monoisotopic (exact) mass is 314 g/mol. The summed E-state index contributed by atoms with van der Waals surface area (Å²) in [4.78, 5) is 8.45. The summed E-state index contributed by atoms with van der Waals surface area (Å²) in [7, 11) is 0. The van der Waals surface area contributed by atoms with Crippen LogP contribution >= 0.6 is 11.5 Å². The first-order chi connectivity index (χ1) is 10.8. The highest BCUT2D eigenvalue weighted by molar-refractivity contribution is 7.09. The molecule has 0 saturated heterocycles. The Morgan fingerprint density at radius 2 is 1.77 bits per heavy atom. The first-order valence-corrected chi connectivity index (χ1v) is 7.77. The van der Waals surface area contributed by atoms with Crippen LogP contribution in [0.15, 0.2) is 48.8 Å². The van der Waals surface area contributed by atoms with E-state index in [2.05, 4.69) is 19.7 Å². The number of anilines is 1. The molecule has 0 spiro atoms. The van der Waals surface area contributed by atoms with Gasteiger partial charge in [-0.15, -0.1) is 0 Å². The molecule has 0 amide bonds. The van der Waals surface area contributed by atoms with Crippen molar-refractivity contribution in [3.05, 3.63) is 71.6 Å². The Morgan fingerprint density at radius 3 is 2.55 bits per heavy atom. The van der Waals surface area contributed by atoms with E-state index in [0.717, 1.165) is 29.5 Å². The smallest absolute Gasteiger partial charge is 0.202 e. The second-order valence-corrected chi connectivity index (χ2v) is 5.60. The van der Waals surface area contributed by atoms with Gasteiger partial charge in [0, 0.05) is 36.9 Å². The zero-order chi connectivity index (χ0) is 15.2. The highest BCUT2D eigenvalue weighted by atomic mass is 32.1. The standard InChI is InChI=1S/C16H15FN4S/c17-14-3-1-13(2-4-14)11-15-20-16(22-21-15)19-10-7-12-5-8-18-9-6-12/h1-6,8-9H,7,10-11H2,(H,19,20,21). The van der Waals surface area contributed by atoms with Gasteiger partial charge in [-0.05, 0) is 41.8 Å². The number of benzene rings is 1. The van der Waals surface area contributed by atoms with Crippen molar-refractivity contribution in [2.45, 2.75) is 12.8 Å². The summed E-state index contributed by atoms with van der Waals surface area (Å²) in [6.45, 7) is 0.801. The zero-order valence-corrected chi connectivity index (χ0v) is 12.7.